The molecule has 0 amide bonds. The Hall–Kier alpha value is -0.930. The maximum absolute atomic E-state index is 6.19. The Kier molecular flexibility index (Phi) is 5.55. The fourth-order valence-corrected chi connectivity index (χ4v) is 3.06. The van der Waals surface area contributed by atoms with Gasteiger partial charge in [-0.05, 0) is 56.5 Å². The number of hydrogen-bond donors (Lipinski definition) is 0. The number of benzene rings is 1. The van der Waals surface area contributed by atoms with E-state index in [1.807, 2.05) is 6.07 Å². The molecule has 3 nitrogen and oxygen atoms in total. The van der Waals surface area contributed by atoms with Crippen molar-refractivity contribution in [1.29, 1.82) is 0 Å². The Labute approximate surface area is 126 Å². The maximum atomic E-state index is 6.19. The zero-order chi connectivity index (χ0) is 14.5. The van der Waals surface area contributed by atoms with Gasteiger partial charge in [0.25, 0.3) is 0 Å². The lowest BCUT2D eigenvalue weighted by atomic mass is 9.94. The minimum atomic E-state index is 0.290. The molecule has 0 aliphatic carbocycles. The molecule has 112 valence electrons. The summed E-state index contributed by atoms with van der Waals surface area (Å²) in [6.45, 7) is 5.31. The van der Waals surface area contributed by atoms with Crippen LogP contribution in [0.4, 0.5) is 0 Å². The van der Waals surface area contributed by atoms with Crippen LogP contribution in [0.25, 0.3) is 0 Å². The zero-order valence-electron chi connectivity index (χ0n) is 12.6. The molecule has 0 bridgehead atoms. The van der Waals surface area contributed by atoms with Crippen LogP contribution in [0.2, 0.25) is 0 Å². The van der Waals surface area contributed by atoms with Crippen LogP contribution in [0.5, 0.6) is 11.5 Å². The lowest BCUT2D eigenvalue weighted by Crippen LogP contribution is -2.35. The third-order valence-electron chi connectivity index (χ3n) is 4.14. The summed E-state index contributed by atoms with van der Waals surface area (Å²) in [5, 5.41) is 0.290. The summed E-state index contributed by atoms with van der Waals surface area (Å²) in [5.41, 5.74) is 1.26. The Morgan fingerprint density at radius 2 is 1.85 bits per heavy atom. The summed E-state index contributed by atoms with van der Waals surface area (Å²) in [6, 6.07) is 6.15. The number of alkyl halides is 1. The monoisotopic (exact) mass is 297 g/mol. The van der Waals surface area contributed by atoms with Crippen LogP contribution in [0, 0.1) is 5.92 Å². The van der Waals surface area contributed by atoms with Crippen LogP contribution in [-0.4, -0.2) is 37.6 Å². The van der Waals surface area contributed by atoms with E-state index in [1.54, 1.807) is 14.2 Å². The summed E-state index contributed by atoms with van der Waals surface area (Å²) < 4.78 is 10.6. The van der Waals surface area contributed by atoms with Crippen LogP contribution in [0.3, 0.4) is 0 Å². The fourth-order valence-electron chi connectivity index (χ4n) is 2.81. The third kappa shape index (κ3) is 3.80. The molecule has 1 heterocycles. The lowest BCUT2D eigenvalue weighted by Gasteiger charge is -2.33. The lowest BCUT2D eigenvalue weighted by molar-refractivity contribution is 0.176. The van der Waals surface area contributed by atoms with Gasteiger partial charge >= 0.3 is 0 Å². The second-order valence-electron chi connectivity index (χ2n) is 5.48. The molecule has 0 radical (unpaired) electrons. The molecule has 1 aromatic carbocycles. The Balaban J connectivity index is 1.94. The van der Waals surface area contributed by atoms with Gasteiger partial charge in [0.05, 0.1) is 14.2 Å². The van der Waals surface area contributed by atoms with E-state index in [0.717, 1.165) is 31.1 Å². The molecular formula is C16H24ClNO2. The molecule has 20 heavy (non-hydrogen) atoms. The van der Waals surface area contributed by atoms with Crippen LogP contribution >= 0.6 is 11.6 Å². The van der Waals surface area contributed by atoms with Crippen molar-refractivity contribution < 1.29 is 9.47 Å². The number of rotatable bonds is 5. The number of ether oxygens (including phenoxy) is 2. The Morgan fingerprint density at radius 1 is 1.20 bits per heavy atom. The van der Waals surface area contributed by atoms with Gasteiger partial charge in [0.1, 0.15) is 0 Å². The van der Waals surface area contributed by atoms with E-state index in [0.29, 0.717) is 11.3 Å². The normalized spacial score (nSPS) is 18.8. The Bertz CT molecular complexity index is 428. The van der Waals surface area contributed by atoms with Crippen LogP contribution < -0.4 is 9.47 Å². The Morgan fingerprint density at radius 3 is 2.40 bits per heavy atom. The summed E-state index contributed by atoms with van der Waals surface area (Å²) in [6.07, 6.45) is 2.38. The van der Waals surface area contributed by atoms with Gasteiger partial charge in [0.2, 0.25) is 0 Å². The first-order valence-corrected chi connectivity index (χ1v) is 7.65. The zero-order valence-corrected chi connectivity index (χ0v) is 13.3. The quantitative estimate of drug-likeness (QED) is 0.776. The average molecular weight is 298 g/mol. The smallest absolute Gasteiger partial charge is 0.161 e. The van der Waals surface area contributed by atoms with Crippen molar-refractivity contribution in [2.45, 2.75) is 31.7 Å². The van der Waals surface area contributed by atoms with E-state index in [2.05, 4.69) is 24.0 Å². The molecule has 1 unspecified atom stereocenters. The number of piperidine rings is 1. The highest BCUT2D eigenvalue weighted by molar-refractivity contribution is 6.20. The van der Waals surface area contributed by atoms with Crippen molar-refractivity contribution >= 4 is 11.6 Å². The number of halogens is 1. The van der Waals surface area contributed by atoms with Crippen molar-refractivity contribution in [2.75, 3.05) is 27.3 Å². The number of hydrogen-bond acceptors (Lipinski definition) is 3. The molecule has 0 aromatic heterocycles. The van der Waals surface area contributed by atoms with Crippen molar-refractivity contribution in [1.82, 2.24) is 4.90 Å². The minimum Gasteiger partial charge on any atom is -0.493 e. The van der Waals surface area contributed by atoms with E-state index in [9.17, 15) is 0 Å². The second kappa shape index (κ2) is 7.19. The second-order valence-corrected chi connectivity index (χ2v) is 6.17. The van der Waals surface area contributed by atoms with Gasteiger partial charge < -0.3 is 9.47 Å². The molecule has 4 heteroatoms. The van der Waals surface area contributed by atoms with Gasteiger partial charge in [-0.1, -0.05) is 6.07 Å². The van der Waals surface area contributed by atoms with Gasteiger partial charge in [-0.25, -0.2) is 0 Å². The maximum Gasteiger partial charge on any atom is 0.161 e. The molecule has 1 aliphatic heterocycles. The summed E-state index contributed by atoms with van der Waals surface area (Å²) in [7, 11) is 3.34. The van der Waals surface area contributed by atoms with E-state index in [-0.39, 0.29) is 0 Å². The number of methoxy groups -OCH3 is 2. The van der Waals surface area contributed by atoms with Gasteiger partial charge in [-0.3, -0.25) is 4.90 Å². The van der Waals surface area contributed by atoms with Crippen molar-refractivity contribution in [3.63, 3.8) is 0 Å². The molecule has 0 saturated carbocycles. The molecule has 1 aliphatic rings. The van der Waals surface area contributed by atoms with E-state index in [1.165, 1.54) is 18.4 Å². The molecule has 0 spiro atoms. The van der Waals surface area contributed by atoms with Crippen molar-refractivity contribution in [2.24, 2.45) is 5.92 Å². The predicted molar refractivity (Wildman–Crippen MR) is 82.9 cm³/mol. The predicted octanol–water partition coefficient (Wildman–Crippen LogP) is 3.54. The van der Waals surface area contributed by atoms with Crippen LogP contribution in [-0.2, 0) is 6.54 Å². The van der Waals surface area contributed by atoms with Gasteiger partial charge in [0, 0.05) is 11.9 Å². The molecule has 1 aromatic rings. The van der Waals surface area contributed by atoms with Gasteiger partial charge in [-0.2, -0.15) is 0 Å². The number of likely N-dealkylation sites (tertiary alicyclic amines) is 1. The van der Waals surface area contributed by atoms with E-state index < -0.39 is 0 Å². The first-order valence-electron chi connectivity index (χ1n) is 7.21. The van der Waals surface area contributed by atoms with Crippen molar-refractivity contribution in [3.8, 4) is 11.5 Å². The highest BCUT2D eigenvalue weighted by Gasteiger charge is 2.22. The standard InChI is InChI=1S/C16H24ClNO2/c1-12(17)14-6-8-18(9-7-14)11-13-4-5-15(19-2)16(10-13)20-3/h4-5,10,12,14H,6-9,11H2,1-3H3. The SMILES string of the molecule is COc1ccc(CN2CCC(C(C)Cl)CC2)cc1OC. The summed E-state index contributed by atoms with van der Waals surface area (Å²) in [4.78, 5) is 2.48. The highest BCUT2D eigenvalue weighted by atomic mass is 35.5. The highest BCUT2D eigenvalue weighted by Crippen LogP contribution is 2.29. The first kappa shape index (κ1) is 15.5. The largest absolute Gasteiger partial charge is 0.493 e. The minimum absolute atomic E-state index is 0.290. The molecular weight excluding hydrogens is 274 g/mol. The molecule has 1 saturated heterocycles. The average Bonchev–Trinajstić information content (AvgIpc) is 2.47. The van der Waals surface area contributed by atoms with Crippen LogP contribution in [0.1, 0.15) is 25.3 Å². The number of nitrogens with zero attached hydrogens (tertiary/aromatic N) is 1. The molecule has 1 atom stereocenters. The fraction of sp³-hybridized carbons (Fsp3) is 0.625. The first-order chi connectivity index (χ1) is 9.63. The van der Waals surface area contributed by atoms with E-state index in [4.69, 9.17) is 21.1 Å². The van der Waals surface area contributed by atoms with Gasteiger partial charge in [0.15, 0.2) is 11.5 Å². The topological polar surface area (TPSA) is 21.7 Å². The third-order valence-corrected chi connectivity index (χ3v) is 4.49. The molecule has 2 rings (SSSR count). The van der Waals surface area contributed by atoms with Crippen molar-refractivity contribution in [3.05, 3.63) is 23.8 Å². The molecule has 0 N–H and O–H groups in total. The van der Waals surface area contributed by atoms with Gasteiger partial charge in [-0.15, -0.1) is 11.6 Å². The molecule has 1 fully saturated rings. The summed E-state index contributed by atoms with van der Waals surface area (Å²) in [5.74, 6) is 2.25. The summed E-state index contributed by atoms with van der Waals surface area (Å²) >= 11 is 6.19. The van der Waals surface area contributed by atoms with Crippen LogP contribution in [0.15, 0.2) is 18.2 Å². The van der Waals surface area contributed by atoms with E-state index >= 15 is 0 Å².